The predicted molar refractivity (Wildman–Crippen MR) is 109 cm³/mol. The van der Waals surface area contributed by atoms with Crippen molar-refractivity contribution in [3.63, 3.8) is 0 Å². The number of rotatable bonds is 2. The van der Waals surface area contributed by atoms with Crippen molar-refractivity contribution in [2.75, 3.05) is 24.6 Å². The zero-order chi connectivity index (χ0) is 21.5. The number of allylic oxidation sites excluding steroid dienone is 1. The average molecular weight is 432 g/mol. The van der Waals surface area contributed by atoms with Crippen molar-refractivity contribution < 1.29 is 17.9 Å². The number of ether oxygens (including phenoxy) is 1. The Morgan fingerprint density at radius 2 is 1.97 bits per heavy atom. The lowest BCUT2D eigenvalue weighted by molar-refractivity contribution is -0.158. The normalized spacial score (nSPS) is 29.1. The Bertz CT molecular complexity index is 1130. The number of hydrogen-bond donors (Lipinski definition) is 0. The van der Waals surface area contributed by atoms with Gasteiger partial charge in [0.15, 0.2) is 22.8 Å². The summed E-state index contributed by atoms with van der Waals surface area (Å²) in [7, 11) is 0. The molecule has 31 heavy (non-hydrogen) atoms. The minimum atomic E-state index is -4.34. The van der Waals surface area contributed by atoms with Crippen LogP contribution >= 0.6 is 0 Å². The SMILES string of the molecule is CC1(C)OCCn2c1nc1c(N3CC4CC3C4)nc(C3=CC(C(F)(F)F)CN=C3)nc12. The lowest BCUT2D eigenvalue weighted by atomic mass is 9.86. The van der Waals surface area contributed by atoms with E-state index in [1.54, 1.807) is 0 Å². The summed E-state index contributed by atoms with van der Waals surface area (Å²) in [5, 5.41) is 0. The molecular formula is C21H23F3N6O. The second-order valence-electron chi connectivity index (χ2n) is 9.40. The fourth-order valence-electron chi connectivity index (χ4n) is 5.14. The molecule has 7 nitrogen and oxygen atoms in total. The minimum absolute atomic E-state index is 0.274. The number of imidazole rings is 1. The van der Waals surface area contributed by atoms with E-state index in [1.165, 1.54) is 12.3 Å². The average Bonchev–Trinajstić information content (AvgIpc) is 3.39. The molecule has 164 valence electrons. The van der Waals surface area contributed by atoms with Crippen LogP contribution in [0.2, 0.25) is 0 Å². The van der Waals surface area contributed by atoms with Crippen LogP contribution in [0.4, 0.5) is 19.0 Å². The summed E-state index contributed by atoms with van der Waals surface area (Å²) in [4.78, 5) is 20.6. The largest absolute Gasteiger partial charge is 0.396 e. The van der Waals surface area contributed by atoms with E-state index >= 15 is 0 Å². The third kappa shape index (κ3) is 2.90. The Morgan fingerprint density at radius 1 is 1.16 bits per heavy atom. The van der Waals surface area contributed by atoms with Crippen LogP contribution in [-0.4, -0.2) is 57.6 Å². The maximum atomic E-state index is 13.3. The van der Waals surface area contributed by atoms with Gasteiger partial charge in [0.2, 0.25) is 0 Å². The first-order valence-corrected chi connectivity index (χ1v) is 10.7. The van der Waals surface area contributed by atoms with Crippen LogP contribution in [0.5, 0.6) is 0 Å². The van der Waals surface area contributed by atoms with Crippen molar-refractivity contribution in [2.45, 2.75) is 51.1 Å². The van der Waals surface area contributed by atoms with Gasteiger partial charge >= 0.3 is 6.18 Å². The highest BCUT2D eigenvalue weighted by Crippen LogP contribution is 2.45. The summed E-state index contributed by atoms with van der Waals surface area (Å²) in [5.74, 6) is 0.789. The Hall–Kier alpha value is -2.49. The Kier molecular flexibility index (Phi) is 3.89. The van der Waals surface area contributed by atoms with Gasteiger partial charge in [-0.15, -0.1) is 0 Å². The number of hydrogen-bond acceptors (Lipinski definition) is 6. The molecule has 5 aliphatic rings. The molecule has 3 fully saturated rings. The highest BCUT2D eigenvalue weighted by atomic mass is 19.4. The maximum Gasteiger partial charge on any atom is 0.396 e. The third-order valence-electron chi connectivity index (χ3n) is 6.86. The highest BCUT2D eigenvalue weighted by Gasteiger charge is 2.45. The Balaban J connectivity index is 1.55. The Morgan fingerprint density at radius 3 is 2.68 bits per heavy atom. The van der Waals surface area contributed by atoms with E-state index in [4.69, 9.17) is 19.7 Å². The van der Waals surface area contributed by atoms with Crippen molar-refractivity contribution >= 4 is 28.8 Å². The smallest absolute Gasteiger partial charge is 0.366 e. The summed E-state index contributed by atoms with van der Waals surface area (Å²) < 4.78 is 47.9. The van der Waals surface area contributed by atoms with E-state index in [2.05, 4.69) is 9.89 Å². The van der Waals surface area contributed by atoms with Gasteiger partial charge in [0.05, 0.1) is 19.1 Å². The Labute approximate surface area is 177 Å². The molecule has 2 bridgehead atoms. The second kappa shape index (κ2) is 6.27. The van der Waals surface area contributed by atoms with E-state index in [9.17, 15) is 13.2 Å². The standard InChI is InChI=1S/C21H23F3N6O/c1-20(2)19-26-15-17(29(19)3-4-31-20)27-16(12-7-13(9-25-8-12)21(22,23)24)28-18(15)30-10-11-5-14(30)6-11/h7-8,11,13-14H,3-6,9-10H2,1-2H3. The second-order valence-corrected chi connectivity index (χ2v) is 9.40. The zero-order valence-electron chi connectivity index (χ0n) is 17.4. The summed E-state index contributed by atoms with van der Waals surface area (Å²) in [6.45, 7) is 5.65. The van der Waals surface area contributed by atoms with Crippen molar-refractivity contribution in [3.8, 4) is 0 Å². The van der Waals surface area contributed by atoms with Crippen LogP contribution in [0.25, 0.3) is 16.7 Å². The van der Waals surface area contributed by atoms with Gasteiger partial charge in [-0.25, -0.2) is 15.0 Å². The number of aliphatic imine (C=N–C) groups is 1. The number of alkyl halides is 3. The molecule has 0 radical (unpaired) electrons. The van der Waals surface area contributed by atoms with Crippen LogP contribution in [0.1, 0.15) is 38.3 Å². The van der Waals surface area contributed by atoms with Gasteiger partial charge in [0.25, 0.3) is 0 Å². The molecular weight excluding hydrogens is 409 g/mol. The number of anilines is 1. The van der Waals surface area contributed by atoms with Crippen LogP contribution < -0.4 is 4.90 Å². The van der Waals surface area contributed by atoms with Gasteiger partial charge in [-0.2, -0.15) is 13.2 Å². The van der Waals surface area contributed by atoms with Gasteiger partial charge in [0, 0.05) is 30.9 Å². The molecule has 2 aromatic rings. The molecule has 0 aromatic carbocycles. The summed E-state index contributed by atoms with van der Waals surface area (Å²) >= 11 is 0. The zero-order valence-corrected chi connectivity index (χ0v) is 17.4. The molecule has 1 unspecified atom stereocenters. The first-order valence-electron chi connectivity index (χ1n) is 10.7. The van der Waals surface area contributed by atoms with Crippen molar-refractivity contribution in [2.24, 2.45) is 16.8 Å². The van der Waals surface area contributed by atoms with Gasteiger partial charge < -0.3 is 14.2 Å². The molecule has 1 atom stereocenters. The molecule has 1 saturated carbocycles. The molecule has 10 heteroatoms. The van der Waals surface area contributed by atoms with Crippen LogP contribution in [0, 0.1) is 11.8 Å². The minimum Gasteiger partial charge on any atom is -0.366 e. The molecule has 6 heterocycles. The monoisotopic (exact) mass is 432 g/mol. The molecule has 0 amide bonds. The van der Waals surface area contributed by atoms with Crippen LogP contribution in [0.15, 0.2) is 11.1 Å². The van der Waals surface area contributed by atoms with E-state index in [-0.39, 0.29) is 12.4 Å². The quantitative estimate of drug-likeness (QED) is 0.728. The van der Waals surface area contributed by atoms with Crippen LogP contribution in [0.3, 0.4) is 0 Å². The topological polar surface area (TPSA) is 68.4 Å². The number of dihydropyridines is 1. The van der Waals surface area contributed by atoms with E-state index < -0.39 is 17.7 Å². The summed E-state index contributed by atoms with van der Waals surface area (Å²) in [6.07, 6.45) is 0.565. The molecule has 7 rings (SSSR count). The molecule has 4 aliphatic heterocycles. The molecule has 0 N–H and O–H groups in total. The van der Waals surface area contributed by atoms with Crippen molar-refractivity contribution in [1.82, 2.24) is 19.5 Å². The summed E-state index contributed by atoms with van der Waals surface area (Å²) in [5.41, 5.74) is 1.09. The lowest BCUT2D eigenvalue weighted by Gasteiger charge is -2.30. The molecule has 2 saturated heterocycles. The molecule has 0 spiro atoms. The highest BCUT2D eigenvalue weighted by molar-refractivity contribution is 6.09. The van der Waals surface area contributed by atoms with E-state index in [1.807, 2.05) is 18.4 Å². The predicted octanol–water partition coefficient (Wildman–Crippen LogP) is 3.34. The fraction of sp³-hybridized carbons (Fsp3) is 0.619. The number of nitrogens with zero attached hydrogens (tertiary/aromatic N) is 6. The molecule has 2 aromatic heterocycles. The van der Waals surface area contributed by atoms with Crippen molar-refractivity contribution in [1.29, 1.82) is 0 Å². The van der Waals surface area contributed by atoms with Crippen LogP contribution in [-0.2, 0) is 16.9 Å². The van der Waals surface area contributed by atoms with Gasteiger partial charge in [-0.3, -0.25) is 4.99 Å². The maximum absolute atomic E-state index is 13.3. The first kappa shape index (κ1) is 19.2. The van der Waals surface area contributed by atoms with Gasteiger partial charge in [-0.1, -0.05) is 6.08 Å². The third-order valence-corrected chi connectivity index (χ3v) is 6.86. The first-order chi connectivity index (χ1) is 14.7. The number of fused-ring (bicyclic) bond motifs is 4. The fourth-order valence-corrected chi connectivity index (χ4v) is 5.14. The number of halogens is 3. The number of aromatic nitrogens is 4. The lowest BCUT2D eigenvalue weighted by Crippen LogP contribution is -2.33. The van der Waals surface area contributed by atoms with E-state index in [0.717, 1.165) is 25.2 Å². The van der Waals surface area contributed by atoms with Crippen molar-refractivity contribution in [3.05, 3.63) is 17.7 Å². The molecule has 1 aliphatic carbocycles. The summed E-state index contributed by atoms with van der Waals surface area (Å²) in [6, 6.07) is 0.413. The van der Waals surface area contributed by atoms with Gasteiger partial charge in [-0.05, 0) is 32.6 Å². The van der Waals surface area contributed by atoms with Gasteiger partial charge in [0.1, 0.15) is 11.4 Å². The van der Waals surface area contributed by atoms with E-state index in [0.29, 0.717) is 47.7 Å².